The van der Waals surface area contributed by atoms with Crippen LogP contribution in [0.3, 0.4) is 0 Å². The van der Waals surface area contributed by atoms with Crippen molar-refractivity contribution in [3.05, 3.63) is 23.7 Å². The first kappa shape index (κ1) is 14.1. The summed E-state index contributed by atoms with van der Waals surface area (Å²) in [6.07, 6.45) is 0.482. The number of hydrogen-bond donors (Lipinski definition) is 1. The lowest BCUT2D eigenvalue weighted by Gasteiger charge is -2.37. The molecule has 1 aromatic rings. The highest BCUT2D eigenvalue weighted by atomic mass is 16.5. The van der Waals surface area contributed by atoms with Gasteiger partial charge in [-0.25, -0.2) is 0 Å². The van der Waals surface area contributed by atoms with E-state index >= 15 is 0 Å². The zero-order valence-corrected chi connectivity index (χ0v) is 11.5. The molecule has 0 saturated carbocycles. The van der Waals surface area contributed by atoms with Gasteiger partial charge in [0.1, 0.15) is 11.5 Å². The van der Waals surface area contributed by atoms with Crippen molar-refractivity contribution in [1.29, 1.82) is 5.26 Å². The highest BCUT2D eigenvalue weighted by Crippen LogP contribution is 2.28. The average Bonchev–Trinajstić information content (AvgIpc) is 2.85. The quantitative estimate of drug-likeness (QED) is 0.892. The lowest BCUT2D eigenvalue weighted by molar-refractivity contribution is -0.0261. The first-order valence-electron chi connectivity index (χ1n) is 6.73. The molecule has 0 radical (unpaired) electrons. The molecule has 5 nitrogen and oxygen atoms in total. The number of rotatable bonds is 4. The van der Waals surface area contributed by atoms with Crippen molar-refractivity contribution in [2.24, 2.45) is 5.73 Å². The fourth-order valence-electron chi connectivity index (χ4n) is 2.50. The molecule has 0 aliphatic carbocycles. The van der Waals surface area contributed by atoms with E-state index in [0.29, 0.717) is 13.2 Å². The summed E-state index contributed by atoms with van der Waals surface area (Å²) in [5.74, 6) is 1.76. The maximum Gasteiger partial charge on any atom is 0.156 e. The zero-order chi connectivity index (χ0) is 13.8. The molecule has 0 bridgehead atoms. The van der Waals surface area contributed by atoms with Crippen LogP contribution in [-0.2, 0) is 4.74 Å². The van der Waals surface area contributed by atoms with E-state index in [9.17, 15) is 0 Å². The van der Waals surface area contributed by atoms with Gasteiger partial charge in [0.25, 0.3) is 0 Å². The van der Waals surface area contributed by atoms with Gasteiger partial charge in [-0.3, -0.25) is 4.90 Å². The normalized spacial score (nSPS) is 23.8. The van der Waals surface area contributed by atoms with Crippen molar-refractivity contribution in [3.8, 4) is 6.07 Å². The van der Waals surface area contributed by atoms with Crippen LogP contribution in [0.15, 0.2) is 16.5 Å². The molecule has 1 aliphatic rings. The second kappa shape index (κ2) is 6.20. The third-order valence-corrected chi connectivity index (χ3v) is 3.56. The van der Waals surface area contributed by atoms with Crippen LogP contribution >= 0.6 is 0 Å². The Kier molecular flexibility index (Phi) is 4.59. The van der Waals surface area contributed by atoms with Gasteiger partial charge in [0, 0.05) is 19.1 Å². The molecule has 0 spiro atoms. The molecule has 3 unspecified atom stereocenters. The van der Waals surface area contributed by atoms with Crippen LogP contribution in [-0.4, -0.2) is 36.7 Å². The van der Waals surface area contributed by atoms with E-state index in [0.717, 1.165) is 24.5 Å². The molecule has 1 aliphatic heterocycles. The monoisotopic (exact) mass is 263 g/mol. The Morgan fingerprint density at radius 3 is 2.95 bits per heavy atom. The topological polar surface area (TPSA) is 75.4 Å². The molecule has 2 heterocycles. The van der Waals surface area contributed by atoms with Crippen molar-refractivity contribution in [2.75, 3.05) is 19.7 Å². The van der Waals surface area contributed by atoms with Crippen LogP contribution in [0.4, 0.5) is 0 Å². The summed E-state index contributed by atoms with van der Waals surface area (Å²) < 4.78 is 11.1. The minimum absolute atomic E-state index is 0.0111. The summed E-state index contributed by atoms with van der Waals surface area (Å²) >= 11 is 0. The van der Waals surface area contributed by atoms with Gasteiger partial charge in [0.2, 0.25) is 0 Å². The number of nitrogens with zero attached hydrogens (tertiary/aromatic N) is 2. The number of hydrogen-bond acceptors (Lipinski definition) is 5. The van der Waals surface area contributed by atoms with E-state index in [1.54, 1.807) is 0 Å². The van der Waals surface area contributed by atoms with Crippen molar-refractivity contribution in [3.63, 3.8) is 0 Å². The van der Waals surface area contributed by atoms with Crippen LogP contribution in [0, 0.1) is 18.3 Å². The molecule has 2 N–H and O–H groups in total. The Balaban J connectivity index is 2.20. The first-order chi connectivity index (χ1) is 9.15. The molecule has 3 atom stereocenters. The van der Waals surface area contributed by atoms with Gasteiger partial charge in [-0.1, -0.05) is 6.92 Å². The third-order valence-electron chi connectivity index (χ3n) is 3.56. The van der Waals surface area contributed by atoms with Gasteiger partial charge in [-0.15, -0.1) is 0 Å². The van der Waals surface area contributed by atoms with Gasteiger partial charge in [0.05, 0.1) is 18.7 Å². The van der Waals surface area contributed by atoms with Crippen LogP contribution in [0.1, 0.15) is 30.9 Å². The summed E-state index contributed by atoms with van der Waals surface area (Å²) in [6.45, 7) is 5.90. The number of aryl methyl sites for hydroxylation is 1. The summed E-state index contributed by atoms with van der Waals surface area (Å²) in [5.41, 5.74) is 6.25. The molecule has 0 aromatic carbocycles. The van der Waals surface area contributed by atoms with Crippen molar-refractivity contribution in [1.82, 2.24) is 4.90 Å². The Morgan fingerprint density at radius 2 is 2.37 bits per heavy atom. The molecule has 1 saturated heterocycles. The van der Waals surface area contributed by atoms with Crippen LogP contribution in [0.2, 0.25) is 0 Å². The smallest absolute Gasteiger partial charge is 0.156 e. The van der Waals surface area contributed by atoms with E-state index in [1.807, 2.05) is 19.1 Å². The predicted octanol–water partition coefficient (Wildman–Crippen LogP) is 1.59. The minimum Gasteiger partial charge on any atom is -0.465 e. The fourth-order valence-corrected chi connectivity index (χ4v) is 2.50. The first-order valence-corrected chi connectivity index (χ1v) is 6.73. The highest BCUT2D eigenvalue weighted by Gasteiger charge is 2.32. The molecule has 19 heavy (non-hydrogen) atoms. The fraction of sp³-hybridized carbons (Fsp3) is 0.643. The SMILES string of the molecule is CCC(N)C(c1ccc(C)o1)N1CCOC(C#N)C1. The van der Waals surface area contributed by atoms with Gasteiger partial charge >= 0.3 is 0 Å². The standard InChI is InChI=1S/C14H21N3O2/c1-3-12(16)14(13-5-4-10(2)19-13)17-6-7-18-11(8-15)9-17/h4-5,11-12,14H,3,6-7,9,16H2,1-2H3. The minimum atomic E-state index is -0.378. The van der Waals surface area contributed by atoms with Crippen LogP contribution < -0.4 is 5.73 Å². The van der Waals surface area contributed by atoms with Crippen molar-refractivity contribution < 1.29 is 9.15 Å². The number of nitrogens with two attached hydrogens (primary N) is 1. The lowest BCUT2D eigenvalue weighted by atomic mass is 10.0. The molecular formula is C14H21N3O2. The van der Waals surface area contributed by atoms with Crippen molar-refractivity contribution in [2.45, 2.75) is 38.5 Å². The Hall–Kier alpha value is -1.35. The number of furan rings is 1. The average molecular weight is 263 g/mol. The van der Waals surface area contributed by atoms with Crippen molar-refractivity contribution >= 4 is 0 Å². The largest absolute Gasteiger partial charge is 0.465 e. The maximum atomic E-state index is 9.00. The number of morpholine rings is 1. The molecule has 104 valence electrons. The Morgan fingerprint density at radius 1 is 1.58 bits per heavy atom. The van der Waals surface area contributed by atoms with E-state index in [2.05, 4.69) is 17.9 Å². The summed E-state index contributed by atoms with van der Waals surface area (Å²) in [6, 6.07) is 6.10. The lowest BCUT2D eigenvalue weighted by Crippen LogP contribution is -2.48. The van der Waals surface area contributed by atoms with Gasteiger partial charge in [-0.05, 0) is 25.5 Å². The van der Waals surface area contributed by atoms with Gasteiger partial charge < -0.3 is 14.9 Å². The Labute approximate surface area is 113 Å². The van der Waals surface area contributed by atoms with E-state index < -0.39 is 0 Å². The number of nitriles is 1. The second-order valence-corrected chi connectivity index (χ2v) is 4.95. The summed E-state index contributed by atoms with van der Waals surface area (Å²) in [5, 5.41) is 9.00. The van der Waals surface area contributed by atoms with E-state index in [-0.39, 0.29) is 18.2 Å². The Bertz CT molecular complexity index is 452. The van der Waals surface area contributed by atoms with E-state index in [1.165, 1.54) is 0 Å². The summed E-state index contributed by atoms with van der Waals surface area (Å²) in [4.78, 5) is 2.20. The van der Waals surface area contributed by atoms with Crippen LogP contribution in [0.5, 0.6) is 0 Å². The van der Waals surface area contributed by atoms with E-state index in [4.69, 9.17) is 20.1 Å². The molecule has 2 rings (SSSR count). The summed E-state index contributed by atoms with van der Waals surface area (Å²) in [7, 11) is 0. The molecule has 1 fully saturated rings. The zero-order valence-electron chi connectivity index (χ0n) is 11.5. The predicted molar refractivity (Wildman–Crippen MR) is 71.4 cm³/mol. The molecule has 5 heteroatoms. The number of ether oxygens (including phenoxy) is 1. The second-order valence-electron chi connectivity index (χ2n) is 4.95. The van der Waals surface area contributed by atoms with Gasteiger partial charge in [-0.2, -0.15) is 5.26 Å². The highest BCUT2D eigenvalue weighted by molar-refractivity contribution is 5.13. The molecule has 1 aromatic heterocycles. The van der Waals surface area contributed by atoms with Gasteiger partial charge in [0.15, 0.2) is 6.10 Å². The maximum absolute atomic E-state index is 9.00. The third kappa shape index (κ3) is 3.16. The van der Waals surface area contributed by atoms with Crippen LogP contribution in [0.25, 0.3) is 0 Å². The molecule has 0 amide bonds. The molecular weight excluding hydrogens is 242 g/mol.